The minimum absolute atomic E-state index is 0.317. The summed E-state index contributed by atoms with van der Waals surface area (Å²) in [6, 6.07) is 14.5. The van der Waals surface area contributed by atoms with Crippen molar-refractivity contribution in [1.82, 2.24) is 4.98 Å². The minimum Gasteiger partial charge on any atom is -0.293 e. The van der Waals surface area contributed by atoms with Crippen molar-refractivity contribution >= 4 is 56.6 Å². The van der Waals surface area contributed by atoms with E-state index >= 15 is 0 Å². The first-order valence-electron chi connectivity index (χ1n) is 7.00. The normalized spacial score (nSPS) is 12.4. The lowest BCUT2D eigenvalue weighted by molar-refractivity contribution is -0.114. The number of hydrogen-bond acceptors (Lipinski definition) is 4. The van der Waals surface area contributed by atoms with Gasteiger partial charge in [-0.2, -0.15) is 5.26 Å². The third-order valence-electron chi connectivity index (χ3n) is 3.32. The Labute approximate surface area is 152 Å². The molecule has 2 aromatic carbocycles. The van der Waals surface area contributed by atoms with Gasteiger partial charge in [0.1, 0.15) is 5.01 Å². The van der Waals surface area contributed by atoms with E-state index in [4.69, 9.17) is 23.2 Å². The standard InChI is InChI=1S/C18H10Cl2N2OS/c19-12-3-1-2-11(8-12)4-6-16(23)14(10-21)18-22-15-9-13(20)5-7-17(15)24-18/h1-9,14H. The summed E-state index contributed by atoms with van der Waals surface area (Å²) in [5.41, 5.74) is 1.48. The molecule has 0 amide bonds. The molecule has 0 aliphatic carbocycles. The van der Waals surface area contributed by atoms with Crippen LogP contribution in [-0.4, -0.2) is 10.8 Å². The van der Waals surface area contributed by atoms with Gasteiger partial charge in [0.15, 0.2) is 11.7 Å². The minimum atomic E-state index is -0.934. The molecular weight excluding hydrogens is 363 g/mol. The number of hydrogen-bond donors (Lipinski definition) is 0. The van der Waals surface area contributed by atoms with Crippen molar-refractivity contribution in [1.29, 1.82) is 5.26 Å². The number of nitriles is 1. The van der Waals surface area contributed by atoms with Gasteiger partial charge >= 0.3 is 0 Å². The number of thiazole rings is 1. The molecule has 0 bridgehead atoms. The first kappa shape index (κ1) is 16.7. The third-order valence-corrected chi connectivity index (χ3v) is 4.89. The van der Waals surface area contributed by atoms with Crippen LogP contribution >= 0.6 is 34.5 Å². The van der Waals surface area contributed by atoms with Gasteiger partial charge in [0.25, 0.3) is 0 Å². The van der Waals surface area contributed by atoms with E-state index in [1.165, 1.54) is 17.4 Å². The molecular formula is C18H10Cl2N2OS. The predicted molar refractivity (Wildman–Crippen MR) is 98.5 cm³/mol. The Kier molecular flexibility index (Phi) is 4.96. The number of rotatable bonds is 4. The Morgan fingerprint density at radius 3 is 2.75 bits per heavy atom. The molecule has 0 spiro atoms. The van der Waals surface area contributed by atoms with Crippen molar-refractivity contribution in [2.75, 3.05) is 0 Å². The zero-order valence-electron chi connectivity index (χ0n) is 12.2. The number of ketones is 1. The van der Waals surface area contributed by atoms with Crippen molar-refractivity contribution < 1.29 is 4.79 Å². The summed E-state index contributed by atoms with van der Waals surface area (Å²) in [5, 5.41) is 11.0. The van der Waals surface area contributed by atoms with E-state index in [1.807, 2.05) is 18.2 Å². The van der Waals surface area contributed by atoms with Crippen LogP contribution in [0.3, 0.4) is 0 Å². The molecule has 1 aromatic heterocycles. The highest BCUT2D eigenvalue weighted by Gasteiger charge is 2.22. The Morgan fingerprint density at radius 2 is 2.00 bits per heavy atom. The average Bonchev–Trinajstić information content (AvgIpc) is 2.96. The largest absolute Gasteiger partial charge is 0.293 e. The molecule has 3 rings (SSSR count). The van der Waals surface area contributed by atoms with Gasteiger partial charge in [0.05, 0.1) is 16.3 Å². The molecule has 0 aliphatic rings. The average molecular weight is 373 g/mol. The first-order valence-corrected chi connectivity index (χ1v) is 8.57. The molecule has 0 radical (unpaired) electrons. The van der Waals surface area contributed by atoms with Crippen LogP contribution in [0.5, 0.6) is 0 Å². The van der Waals surface area contributed by atoms with E-state index in [0.29, 0.717) is 20.6 Å². The van der Waals surface area contributed by atoms with Crippen molar-refractivity contribution in [2.24, 2.45) is 0 Å². The van der Waals surface area contributed by atoms with Gasteiger partial charge in [-0.25, -0.2) is 4.98 Å². The lowest BCUT2D eigenvalue weighted by Gasteiger charge is -2.00. The summed E-state index contributed by atoms with van der Waals surface area (Å²) in [5.74, 6) is -1.25. The molecule has 3 aromatic rings. The Hall–Kier alpha value is -2.19. The Bertz CT molecular complexity index is 988. The van der Waals surface area contributed by atoms with Gasteiger partial charge in [-0.3, -0.25) is 4.79 Å². The molecule has 0 fully saturated rings. The van der Waals surface area contributed by atoms with Gasteiger partial charge in [-0.15, -0.1) is 11.3 Å². The van der Waals surface area contributed by atoms with Crippen molar-refractivity contribution in [2.45, 2.75) is 5.92 Å². The quantitative estimate of drug-likeness (QED) is 0.568. The molecule has 0 N–H and O–H groups in total. The lowest BCUT2D eigenvalue weighted by atomic mass is 10.1. The number of halogens is 2. The maximum Gasteiger partial charge on any atom is 0.179 e. The van der Waals surface area contributed by atoms with Gasteiger partial charge < -0.3 is 0 Å². The number of fused-ring (bicyclic) bond motifs is 1. The van der Waals surface area contributed by atoms with E-state index in [0.717, 1.165) is 10.3 Å². The highest BCUT2D eigenvalue weighted by atomic mass is 35.5. The van der Waals surface area contributed by atoms with Gasteiger partial charge in [0.2, 0.25) is 0 Å². The number of aromatic nitrogens is 1. The topological polar surface area (TPSA) is 53.8 Å². The molecule has 6 heteroatoms. The summed E-state index contributed by atoms with van der Waals surface area (Å²) >= 11 is 13.2. The van der Waals surface area contributed by atoms with E-state index in [1.54, 1.807) is 36.4 Å². The third kappa shape index (κ3) is 3.65. The number of nitrogens with zero attached hydrogens (tertiary/aromatic N) is 2. The summed E-state index contributed by atoms with van der Waals surface area (Å²) in [6.45, 7) is 0. The van der Waals surface area contributed by atoms with Crippen LogP contribution < -0.4 is 0 Å². The van der Waals surface area contributed by atoms with E-state index in [9.17, 15) is 10.1 Å². The zero-order chi connectivity index (χ0) is 17.1. The van der Waals surface area contributed by atoms with Crippen molar-refractivity contribution in [3.63, 3.8) is 0 Å². The van der Waals surface area contributed by atoms with Crippen molar-refractivity contribution in [3.05, 3.63) is 69.2 Å². The highest BCUT2D eigenvalue weighted by molar-refractivity contribution is 7.18. The number of carbonyl (C=O) groups excluding carboxylic acids is 1. The fraction of sp³-hybridized carbons (Fsp3) is 0.0556. The maximum absolute atomic E-state index is 12.4. The Balaban J connectivity index is 1.87. The van der Waals surface area contributed by atoms with Crippen LogP contribution in [0.1, 0.15) is 16.5 Å². The van der Waals surface area contributed by atoms with E-state index in [2.05, 4.69) is 4.98 Å². The fourth-order valence-electron chi connectivity index (χ4n) is 2.17. The monoisotopic (exact) mass is 372 g/mol. The van der Waals surface area contributed by atoms with Gasteiger partial charge in [0, 0.05) is 10.0 Å². The highest BCUT2D eigenvalue weighted by Crippen LogP contribution is 2.30. The van der Waals surface area contributed by atoms with Crippen LogP contribution in [0, 0.1) is 11.3 Å². The number of carbonyl (C=O) groups is 1. The second-order valence-corrected chi connectivity index (χ2v) is 6.95. The summed E-state index contributed by atoms with van der Waals surface area (Å²) in [7, 11) is 0. The Morgan fingerprint density at radius 1 is 1.21 bits per heavy atom. The van der Waals surface area contributed by atoms with Crippen LogP contribution in [0.15, 0.2) is 48.5 Å². The van der Waals surface area contributed by atoms with Crippen LogP contribution in [-0.2, 0) is 4.79 Å². The SMILES string of the molecule is N#CC(C(=O)C=Cc1cccc(Cl)c1)c1nc2cc(Cl)ccc2s1. The predicted octanol–water partition coefficient (Wildman–Crippen LogP) is 5.49. The van der Waals surface area contributed by atoms with Crippen molar-refractivity contribution in [3.8, 4) is 6.07 Å². The van der Waals surface area contributed by atoms with Gasteiger partial charge in [-0.1, -0.05) is 41.4 Å². The molecule has 0 saturated carbocycles. The van der Waals surface area contributed by atoms with E-state index < -0.39 is 5.92 Å². The van der Waals surface area contributed by atoms with Crippen LogP contribution in [0.2, 0.25) is 10.0 Å². The maximum atomic E-state index is 12.4. The zero-order valence-corrected chi connectivity index (χ0v) is 14.6. The fourth-order valence-corrected chi connectivity index (χ4v) is 3.53. The number of benzene rings is 2. The molecule has 118 valence electrons. The number of allylic oxidation sites excluding steroid dienone is 1. The molecule has 0 saturated heterocycles. The lowest BCUT2D eigenvalue weighted by Crippen LogP contribution is -2.07. The second kappa shape index (κ2) is 7.14. The second-order valence-electron chi connectivity index (χ2n) is 5.02. The molecule has 3 nitrogen and oxygen atoms in total. The molecule has 1 atom stereocenters. The molecule has 24 heavy (non-hydrogen) atoms. The molecule has 0 aliphatic heterocycles. The van der Waals surface area contributed by atoms with Crippen LogP contribution in [0.4, 0.5) is 0 Å². The van der Waals surface area contributed by atoms with E-state index in [-0.39, 0.29) is 5.78 Å². The summed E-state index contributed by atoms with van der Waals surface area (Å²) < 4.78 is 0.890. The molecule has 1 unspecified atom stereocenters. The van der Waals surface area contributed by atoms with Crippen LogP contribution in [0.25, 0.3) is 16.3 Å². The first-order chi connectivity index (χ1) is 11.6. The van der Waals surface area contributed by atoms with Gasteiger partial charge in [-0.05, 0) is 42.0 Å². The smallest absolute Gasteiger partial charge is 0.179 e. The molecule has 1 heterocycles. The summed E-state index contributed by atoms with van der Waals surface area (Å²) in [6.07, 6.45) is 3.03. The summed E-state index contributed by atoms with van der Waals surface area (Å²) in [4.78, 5) is 16.7.